The van der Waals surface area contributed by atoms with E-state index in [1.807, 2.05) is 25.1 Å². The lowest BCUT2D eigenvalue weighted by molar-refractivity contribution is 0.0949. The summed E-state index contributed by atoms with van der Waals surface area (Å²) < 4.78 is 5.02. The van der Waals surface area contributed by atoms with Crippen LogP contribution in [0.4, 0.5) is 10.6 Å². The van der Waals surface area contributed by atoms with Crippen molar-refractivity contribution in [2.75, 3.05) is 64.9 Å². The van der Waals surface area contributed by atoms with Gasteiger partial charge in [0, 0.05) is 45.5 Å². The van der Waals surface area contributed by atoms with Crippen molar-refractivity contribution in [3.63, 3.8) is 0 Å². The summed E-state index contributed by atoms with van der Waals surface area (Å²) >= 11 is 0. The molecule has 1 aromatic heterocycles. The van der Waals surface area contributed by atoms with E-state index in [-0.39, 0.29) is 12.0 Å². The minimum absolute atomic E-state index is 0.118. The molecule has 0 saturated carbocycles. The van der Waals surface area contributed by atoms with Crippen molar-refractivity contribution in [3.8, 4) is 0 Å². The second-order valence-electron chi connectivity index (χ2n) is 6.14. The fraction of sp³-hybridized carbons (Fsp3) is 0.588. The largest absolute Gasteiger partial charge is 0.450 e. The molecule has 1 aromatic rings. The van der Waals surface area contributed by atoms with E-state index in [0.29, 0.717) is 44.9 Å². The van der Waals surface area contributed by atoms with Gasteiger partial charge < -0.3 is 24.8 Å². The van der Waals surface area contributed by atoms with Gasteiger partial charge >= 0.3 is 6.09 Å². The number of carbonyl (C=O) groups is 2. The normalized spacial score (nSPS) is 14.6. The standard InChI is InChI=1S/C17H27N5O3/c1-4-25-17(24)22-11-9-21(10-12-22)15-6-5-14(13-19-15)16(23)18-7-8-20(2)3/h5-6,13H,4,7-12H2,1-3H3,(H,18,23). The molecule has 0 bridgehead atoms. The number of hydrogen-bond acceptors (Lipinski definition) is 6. The summed E-state index contributed by atoms with van der Waals surface area (Å²) in [7, 11) is 3.92. The number of aromatic nitrogens is 1. The average Bonchev–Trinajstić information content (AvgIpc) is 2.62. The average molecular weight is 349 g/mol. The number of rotatable bonds is 6. The Balaban J connectivity index is 1.84. The Morgan fingerprint density at radius 2 is 1.96 bits per heavy atom. The number of amides is 2. The summed E-state index contributed by atoms with van der Waals surface area (Å²) in [4.78, 5) is 34.0. The smallest absolute Gasteiger partial charge is 0.409 e. The van der Waals surface area contributed by atoms with Crippen molar-refractivity contribution in [2.45, 2.75) is 6.92 Å². The van der Waals surface area contributed by atoms with Crippen molar-refractivity contribution >= 4 is 17.8 Å². The lowest BCUT2D eigenvalue weighted by Gasteiger charge is -2.34. The molecule has 1 aliphatic rings. The van der Waals surface area contributed by atoms with Gasteiger partial charge in [-0.25, -0.2) is 9.78 Å². The predicted octanol–water partition coefficient (Wildman–Crippen LogP) is 0.652. The summed E-state index contributed by atoms with van der Waals surface area (Å²) in [6, 6.07) is 3.63. The van der Waals surface area contributed by atoms with E-state index >= 15 is 0 Å². The second-order valence-corrected chi connectivity index (χ2v) is 6.14. The molecule has 0 atom stereocenters. The van der Waals surface area contributed by atoms with Crippen LogP contribution in [0.15, 0.2) is 18.3 Å². The van der Waals surface area contributed by atoms with Crippen LogP contribution in [-0.4, -0.2) is 86.8 Å². The molecule has 1 fully saturated rings. The fourth-order valence-electron chi connectivity index (χ4n) is 2.54. The highest BCUT2D eigenvalue weighted by molar-refractivity contribution is 5.94. The zero-order valence-corrected chi connectivity index (χ0v) is 15.2. The van der Waals surface area contributed by atoms with Crippen LogP contribution in [-0.2, 0) is 4.74 Å². The van der Waals surface area contributed by atoms with Crippen LogP contribution in [0.3, 0.4) is 0 Å². The minimum Gasteiger partial charge on any atom is -0.450 e. The first kappa shape index (κ1) is 19.0. The number of piperazine rings is 1. The molecular weight excluding hydrogens is 322 g/mol. The van der Waals surface area contributed by atoms with Crippen LogP contribution in [0.25, 0.3) is 0 Å². The van der Waals surface area contributed by atoms with Gasteiger partial charge in [0.05, 0.1) is 12.2 Å². The van der Waals surface area contributed by atoms with E-state index in [2.05, 4.69) is 15.2 Å². The maximum atomic E-state index is 12.1. The molecule has 2 amide bonds. The van der Waals surface area contributed by atoms with E-state index < -0.39 is 0 Å². The van der Waals surface area contributed by atoms with Crippen LogP contribution < -0.4 is 10.2 Å². The number of pyridine rings is 1. The zero-order chi connectivity index (χ0) is 18.2. The SMILES string of the molecule is CCOC(=O)N1CCN(c2ccc(C(=O)NCCN(C)C)cn2)CC1. The Kier molecular flexibility index (Phi) is 7.00. The quantitative estimate of drug-likeness (QED) is 0.813. The van der Waals surface area contributed by atoms with Crippen molar-refractivity contribution in [1.82, 2.24) is 20.1 Å². The van der Waals surface area contributed by atoms with E-state index in [1.54, 1.807) is 24.1 Å². The maximum Gasteiger partial charge on any atom is 0.409 e. The summed E-state index contributed by atoms with van der Waals surface area (Å²) in [5, 5.41) is 2.87. The third kappa shape index (κ3) is 5.60. The maximum absolute atomic E-state index is 12.1. The fourth-order valence-corrected chi connectivity index (χ4v) is 2.54. The van der Waals surface area contributed by atoms with Crippen molar-refractivity contribution in [2.24, 2.45) is 0 Å². The predicted molar refractivity (Wildman–Crippen MR) is 95.9 cm³/mol. The highest BCUT2D eigenvalue weighted by Crippen LogP contribution is 2.14. The van der Waals surface area contributed by atoms with Gasteiger partial charge in [-0.15, -0.1) is 0 Å². The van der Waals surface area contributed by atoms with Gasteiger partial charge in [0.1, 0.15) is 5.82 Å². The van der Waals surface area contributed by atoms with E-state index in [1.165, 1.54) is 0 Å². The highest BCUT2D eigenvalue weighted by atomic mass is 16.6. The number of nitrogens with one attached hydrogen (secondary N) is 1. The topological polar surface area (TPSA) is 78.0 Å². The first-order chi connectivity index (χ1) is 12.0. The molecular formula is C17H27N5O3. The third-order valence-corrected chi connectivity index (χ3v) is 3.98. The summed E-state index contributed by atoms with van der Waals surface area (Å²) in [5.41, 5.74) is 0.549. The molecule has 1 aliphatic heterocycles. The Morgan fingerprint density at radius 1 is 1.24 bits per heavy atom. The Morgan fingerprint density at radius 3 is 2.52 bits per heavy atom. The third-order valence-electron chi connectivity index (χ3n) is 3.98. The lowest BCUT2D eigenvalue weighted by atomic mass is 10.2. The number of anilines is 1. The molecule has 0 aromatic carbocycles. The molecule has 2 rings (SSSR count). The molecule has 138 valence electrons. The monoisotopic (exact) mass is 349 g/mol. The van der Waals surface area contributed by atoms with Crippen LogP contribution in [0, 0.1) is 0 Å². The molecule has 0 aliphatic carbocycles. The summed E-state index contributed by atoms with van der Waals surface area (Å²) in [5.74, 6) is 0.696. The number of likely N-dealkylation sites (N-methyl/N-ethyl adjacent to an activating group) is 1. The molecule has 1 N–H and O–H groups in total. The van der Waals surface area contributed by atoms with Gasteiger partial charge in [-0.2, -0.15) is 0 Å². The lowest BCUT2D eigenvalue weighted by Crippen LogP contribution is -2.49. The van der Waals surface area contributed by atoms with Crippen LogP contribution >= 0.6 is 0 Å². The Hall–Kier alpha value is -2.35. The van der Waals surface area contributed by atoms with Gasteiger partial charge in [0.2, 0.25) is 0 Å². The molecule has 8 heteroatoms. The minimum atomic E-state index is -0.264. The van der Waals surface area contributed by atoms with Crippen molar-refractivity contribution < 1.29 is 14.3 Å². The molecule has 1 saturated heterocycles. The first-order valence-corrected chi connectivity index (χ1v) is 8.57. The van der Waals surface area contributed by atoms with Gasteiger partial charge in [-0.05, 0) is 33.2 Å². The highest BCUT2D eigenvalue weighted by Gasteiger charge is 2.22. The van der Waals surface area contributed by atoms with Gasteiger partial charge in [0.15, 0.2) is 0 Å². The molecule has 0 radical (unpaired) electrons. The molecule has 0 spiro atoms. The van der Waals surface area contributed by atoms with Crippen LogP contribution in [0.1, 0.15) is 17.3 Å². The van der Waals surface area contributed by atoms with Crippen LogP contribution in [0.5, 0.6) is 0 Å². The van der Waals surface area contributed by atoms with Gasteiger partial charge in [-0.3, -0.25) is 4.79 Å². The number of ether oxygens (including phenoxy) is 1. The van der Waals surface area contributed by atoms with Crippen LogP contribution in [0.2, 0.25) is 0 Å². The Bertz CT molecular complexity index is 568. The Labute approximate surface area is 148 Å². The second kappa shape index (κ2) is 9.22. The van der Waals surface area contributed by atoms with E-state index in [4.69, 9.17) is 4.74 Å². The number of nitrogens with zero attached hydrogens (tertiary/aromatic N) is 4. The molecule has 8 nitrogen and oxygen atoms in total. The number of carbonyl (C=O) groups excluding carboxylic acids is 2. The first-order valence-electron chi connectivity index (χ1n) is 8.57. The van der Waals surface area contributed by atoms with E-state index in [9.17, 15) is 9.59 Å². The molecule has 25 heavy (non-hydrogen) atoms. The summed E-state index contributed by atoms with van der Waals surface area (Å²) in [6.45, 7) is 6.18. The van der Waals surface area contributed by atoms with Crippen molar-refractivity contribution in [1.29, 1.82) is 0 Å². The number of hydrogen-bond donors (Lipinski definition) is 1. The van der Waals surface area contributed by atoms with E-state index in [0.717, 1.165) is 12.4 Å². The van der Waals surface area contributed by atoms with Gasteiger partial charge in [-0.1, -0.05) is 0 Å². The zero-order valence-electron chi connectivity index (χ0n) is 15.2. The van der Waals surface area contributed by atoms with Crippen molar-refractivity contribution in [3.05, 3.63) is 23.9 Å². The molecule has 0 unspecified atom stereocenters. The summed E-state index contributed by atoms with van der Waals surface area (Å²) in [6.07, 6.45) is 1.33. The molecule has 2 heterocycles. The van der Waals surface area contributed by atoms with Gasteiger partial charge in [0.25, 0.3) is 5.91 Å².